The number of nitrogen functional groups attached to an aromatic ring is 1. The molecule has 2 rings (SSSR count). The second-order valence-corrected chi connectivity index (χ2v) is 4.11. The Morgan fingerprint density at radius 2 is 2.12 bits per heavy atom. The molecule has 0 atom stereocenters. The summed E-state index contributed by atoms with van der Waals surface area (Å²) in [7, 11) is 0. The number of rotatable bonds is 4. The summed E-state index contributed by atoms with van der Waals surface area (Å²) in [5.41, 5.74) is 6.52. The Labute approximate surface area is 97.6 Å². The van der Waals surface area contributed by atoms with Gasteiger partial charge in [0.05, 0.1) is 0 Å². The molecule has 2 aromatic rings. The average molecular weight is 233 g/mol. The van der Waals surface area contributed by atoms with E-state index in [4.69, 9.17) is 5.73 Å². The molecule has 0 aliphatic rings. The molecular weight excluding hydrogens is 222 g/mol. The van der Waals surface area contributed by atoms with Crippen molar-refractivity contribution >= 4 is 17.7 Å². The van der Waals surface area contributed by atoms with Crippen LogP contribution in [0.3, 0.4) is 0 Å². The number of anilines is 1. The maximum Gasteiger partial charge on any atom is 0.223 e. The third-order valence-corrected chi connectivity index (χ3v) is 2.75. The van der Waals surface area contributed by atoms with Crippen molar-refractivity contribution in [2.45, 2.75) is 11.6 Å². The first kappa shape index (κ1) is 10.8. The smallest absolute Gasteiger partial charge is 0.223 e. The van der Waals surface area contributed by atoms with Crippen molar-refractivity contribution in [3.05, 3.63) is 36.4 Å². The van der Waals surface area contributed by atoms with Crippen LogP contribution in [-0.2, 0) is 6.42 Å². The average Bonchev–Trinajstić information content (AvgIpc) is 2.30. The van der Waals surface area contributed by atoms with Gasteiger partial charge in [-0.15, -0.1) is 0 Å². The standard InChI is InChI=1S/C10H11N5S/c11-9-13-7-14-10(15-9)16-6-4-8-3-1-2-5-12-8/h1-3,5,7H,4,6H2,(H2,11,13,14,15). The predicted octanol–water partition coefficient (Wildman–Crippen LogP) is 1.18. The Balaban J connectivity index is 1.85. The largest absolute Gasteiger partial charge is 0.368 e. The van der Waals surface area contributed by atoms with Crippen molar-refractivity contribution in [3.63, 3.8) is 0 Å². The van der Waals surface area contributed by atoms with Crippen LogP contribution in [0.1, 0.15) is 5.69 Å². The Morgan fingerprint density at radius 1 is 1.19 bits per heavy atom. The van der Waals surface area contributed by atoms with Crippen LogP contribution in [0.5, 0.6) is 0 Å². The molecule has 0 radical (unpaired) electrons. The van der Waals surface area contributed by atoms with Crippen LogP contribution in [-0.4, -0.2) is 25.7 Å². The summed E-state index contributed by atoms with van der Waals surface area (Å²) in [5.74, 6) is 1.14. The Morgan fingerprint density at radius 3 is 2.88 bits per heavy atom. The molecule has 0 saturated heterocycles. The molecule has 0 aliphatic heterocycles. The van der Waals surface area contributed by atoms with E-state index in [0.717, 1.165) is 17.9 Å². The first-order valence-corrected chi connectivity index (χ1v) is 5.80. The maximum atomic E-state index is 5.45. The third kappa shape index (κ3) is 3.16. The summed E-state index contributed by atoms with van der Waals surface area (Å²) >= 11 is 1.55. The van der Waals surface area contributed by atoms with Crippen LogP contribution < -0.4 is 5.73 Å². The van der Waals surface area contributed by atoms with E-state index in [0.29, 0.717) is 5.16 Å². The zero-order valence-corrected chi connectivity index (χ0v) is 9.39. The number of aromatic nitrogens is 4. The van der Waals surface area contributed by atoms with E-state index in [1.54, 1.807) is 18.0 Å². The van der Waals surface area contributed by atoms with Crippen LogP contribution in [0, 0.1) is 0 Å². The third-order valence-electron chi connectivity index (χ3n) is 1.88. The summed E-state index contributed by atoms with van der Waals surface area (Å²) in [6.45, 7) is 0. The zero-order chi connectivity index (χ0) is 11.2. The number of pyridine rings is 1. The van der Waals surface area contributed by atoms with Crippen molar-refractivity contribution in [2.75, 3.05) is 11.5 Å². The number of nitrogens with two attached hydrogens (primary N) is 1. The molecule has 0 unspecified atom stereocenters. The van der Waals surface area contributed by atoms with E-state index in [1.165, 1.54) is 6.33 Å². The van der Waals surface area contributed by atoms with E-state index in [9.17, 15) is 0 Å². The van der Waals surface area contributed by atoms with E-state index >= 15 is 0 Å². The number of hydrogen-bond donors (Lipinski definition) is 1. The summed E-state index contributed by atoms with van der Waals surface area (Å²) in [5, 5.41) is 0.656. The van der Waals surface area contributed by atoms with Gasteiger partial charge in [-0.2, -0.15) is 4.98 Å². The lowest BCUT2D eigenvalue weighted by atomic mass is 10.3. The minimum Gasteiger partial charge on any atom is -0.368 e. The fourth-order valence-corrected chi connectivity index (χ4v) is 1.93. The molecular formula is C10H11N5S. The van der Waals surface area contributed by atoms with Gasteiger partial charge in [-0.05, 0) is 18.6 Å². The fraction of sp³-hybridized carbons (Fsp3) is 0.200. The van der Waals surface area contributed by atoms with E-state index in [-0.39, 0.29) is 5.95 Å². The monoisotopic (exact) mass is 233 g/mol. The summed E-state index contributed by atoms with van der Waals surface area (Å²) in [4.78, 5) is 16.0. The lowest BCUT2D eigenvalue weighted by Gasteiger charge is -2.00. The molecule has 5 nitrogen and oxygen atoms in total. The minimum atomic E-state index is 0.260. The number of nitrogens with zero attached hydrogens (tertiary/aromatic N) is 4. The molecule has 16 heavy (non-hydrogen) atoms. The van der Waals surface area contributed by atoms with Gasteiger partial charge in [0.1, 0.15) is 6.33 Å². The second kappa shape index (κ2) is 5.41. The first-order valence-electron chi connectivity index (χ1n) is 4.82. The van der Waals surface area contributed by atoms with Gasteiger partial charge in [0.15, 0.2) is 5.16 Å². The molecule has 2 aromatic heterocycles. The Hall–Kier alpha value is -1.69. The van der Waals surface area contributed by atoms with Crippen molar-refractivity contribution in [2.24, 2.45) is 0 Å². The molecule has 0 aliphatic carbocycles. The van der Waals surface area contributed by atoms with Gasteiger partial charge in [-0.1, -0.05) is 17.8 Å². The van der Waals surface area contributed by atoms with Crippen LogP contribution >= 0.6 is 11.8 Å². The van der Waals surface area contributed by atoms with Gasteiger partial charge < -0.3 is 5.73 Å². The summed E-state index contributed by atoms with van der Waals surface area (Å²) in [6, 6.07) is 5.89. The molecule has 82 valence electrons. The highest BCUT2D eigenvalue weighted by Crippen LogP contribution is 2.13. The first-order chi connectivity index (χ1) is 7.84. The molecule has 6 heteroatoms. The number of thioether (sulfide) groups is 1. The van der Waals surface area contributed by atoms with Gasteiger partial charge in [0, 0.05) is 17.6 Å². The normalized spacial score (nSPS) is 10.2. The van der Waals surface area contributed by atoms with Gasteiger partial charge in [0.2, 0.25) is 5.95 Å². The highest BCUT2D eigenvalue weighted by atomic mass is 32.2. The molecule has 0 amide bonds. The van der Waals surface area contributed by atoms with Gasteiger partial charge in [-0.3, -0.25) is 4.98 Å². The van der Waals surface area contributed by atoms with Crippen LogP contribution in [0.15, 0.2) is 35.9 Å². The van der Waals surface area contributed by atoms with Crippen LogP contribution in [0.4, 0.5) is 5.95 Å². The lowest BCUT2D eigenvalue weighted by Crippen LogP contribution is -1.98. The molecule has 0 aromatic carbocycles. The maximum absolute atomic E-state index is 5.45. The highest BCUT2D eigenvalue weighted by molar-refractivity contribution is 7.99. The molecule has 2 N–H and O–H groups in total. The predicted molar refractivity (Wildman–Crippen MR) is 62.9 cm³/mol. The van der Waals surface area contributed by atoms with Crippen LogP contribution in [0.25, 0.3) is 0 Å². The second-order valence-electron chi connectivity index (χ2n) is 3.05. The SMILES string of the molecule is Nc1ncnc(SCCc2ccccn2)n1. The molecule has 0 spiro atoms. The van der Waals surface area contributed by atoms with Crippen molar-refractivity contribution in [1.82, 2.24) is 19.9 Å². The van der Waals surface area contributed by atoms with Gasteiger partial charge in [0.25, 0.3) is 0 Å². The Bertz CT molecular complexity index is 448. The quantitative estimate of drug-likeness (QED) is 0.799. The van der Waals surface area contributed by atoms with E-state index in [1.807, 2.05) is 18.2 Å². The van der Waals surface area contributed by atoms with Gasteiger partial charge in [-0.25, -0.2) is 9.97 Å². The van der Waals surface area contributed by atoms with E-state index < -0.39 is 0 Å². The molecule has 0 saturated carbocycles. The summed E-state index contributed by atoms with van der Waals surface area (Å²) in [6.07, 6.45) is 4.10. The number of hydrogen-bond acceptors (Lipinski definition) is 6. The summed E-state index contributed by atoms with van der Waals surface area (Å²) < 4.78 is 0. The van der Waals surface area contributed by atoms with Gasteiger partial charge >= 0.3 is 0 Å². The fourth-order valence-electron chi connectivity index (χ4n) is 1.16. The van der Waals surface area contributed by atoms with Crippen molar-refractivity contribution in [3.8, 4) is 0 Å². The van der Waals surface area contributed by atoms with E-state index in [2.05, 4.69) is 19.9 Å². The Kier molecular flexibility index (Phi) is 3.66. The zero-order valence-electron chi connectivity index (χ0n) is 8.58. The molecule has 2 heterocycles. The topological polar surface area (TPSA) is 77.6 Å². The van der Waals surface area contributed by atoms with Crippen molar-refractivity contribution < 1.29 is 0 Å². The lowest BCUT2D eigenvalue weighted by molar-refractivity contribution is 0.913. The molecule has 0 bridgehead atoms. The molecule has 0 fully saturated rings. The minimum absolute atomic E-state index is 0.260. The highest BCUT2D eigenvalue weighted by Gasteiger charge is 1.99. The van der Waals surface area contributed by atoms with Crippen LogP contribution in [0.2, 0.25) is 0 Å². The van der Waals surface area contributed by atoms with Crippen molar-refractivity contribution in [1.29, 1.82) is 0 Å². The number of aryl methyl sites for hydroxylation is 1.